The number of furan rings is 1. The summed E-state index contributed by atoms with van der Waals surface area (Å²) in [5.74, 6) is 0.500. The number of ether oxygens (including phenoxy) is 1. The molecule has 2 aromatic rings. The average Bonchev–Trinajstić information content (AvgIpc) is 3.08. The predicted molar refractivity (Wildman–Crippen MR) is 72.2 cm³/mol. The lowest BCUT2D eigenvalue weighted by Gasteiger charge is -2.19. The molecule has 1 amide bonds. The summed E-state index contributed by atoms with van der Waals surface area (Å²) in [5, 5.41) is 3.02. The number of nitrogens with zero attached hydrogens (tertiary/aromatic N) is 1. The summed E-state index contributed by atoms with van der Waals surface area (Å²) in [7, 11) is 0. The summed E-state index contributed by atoms with van der Waals surface area (Å²) < 4.78 is 10.9. The molecule has 5 nitrogen and oxygen atoms in total. The monoisotopic (exact) mass is 272 g/mol. The van der Waals surface area contributed by atoms with Gasteiger partial charge < -0.3 is 14.5 Å². The van der Waals surface area contributed by atoms with Crippen molar-refractivity contribution >= 4 is 5.91 Å². The summed E-state index contributed by atoms with van der Waals surface area (Å²) in [5.41, 5.74) is 1.56. The van der Waals surface area contributed by atoms with Crippen molar-refractivity contribution in [3.63, 3.8) is 0 Å². The lowest BCUT2D eigenvalue weighted by atomic mass is 10.0. The van der Waals surface area contributed by atoms with Crippen LogP contribution in [0.3, 0.4) is 0 Å². The highest BCUT2D eigenvalue weighted by molar-refractivity contribution is 5.95. The van der Waals surface area contributed by atoms with Crippen LogP contribution < -0.4 is 5.32 Å². The zero-order chi connectivity index (χ0) is 13.9. The molecule has 0 saturated carbocycles. The Kier molecular flexibility index (Phi) is 3.52. The van der Waals surface area contributed by atoms with Crippen LogP contribution in [0.5, 0.6) is 0 Å². The quantitative estimate of drug-likeness (QED) is 0.930. The number of carbonyl (C=O) groups is 1. The number of pyridine rings is 1. The molecule has 0 unspecified atom stereocenters. The smallest absolute Gasteiger partial charge is 0.255 e. The maximum Gasteiger partial charge on any atom is 0.255 e. The second kappa shape index (κ2) is 5.46. The molecule has 3 heterocycles. The van der Waals surface area contributed by atoms with Gasteiger partial charge in [0.2, 0.25) is 0 Å². The van der Waals surface area contributed by atoms with Crippen LogP contribution in [-0.2, 0) is 4.74 Å². The van der Waals surface area contributed by atoms with Crippen LogP contribution in [0.4, 0.5) is 0 Å². The van der Waals surface area contributed by atoms with Gasteiger partial charge in [0.1, 0.15) is 11.9 Å². The first-order valence-electron chi connectivity index (χ1n) is 6.62. The molecule has 3 rings (SSSR count). The topological polar surface area (TPSA) is 64.4 Å². The number of carbonyl (C=O) groups excluding carboxylic acids is 1. The SMILES string of the molecule is Cc1occc1C(=O)N[C@H]1CCO[C@@H]1c1cccnc1. The average molecular weight is 272 g/mol. The van der Waals surface area contributed by atoms with Crippen LogP contribution in [0.2, 0.25) is 0 Å². The number of rotatable bonds is 3. The lowest BCUT2D eigenvalue weighted by Crippen LogP contribution is -2.36. The molecule has 0 spiro atoms. The lowest BCUT2D eigenvalue weighted by molar-refractivity contribution is 0.0819. The van der Waals surface area contributed by atoms with Crippen molar-refractivity contribution in [3.8, 4) is 0 Å². The van der Waals surface area contributed by atoms with E-state index in [1.165, 1.54) is 6.26 Å². The Morgan fingerprint density at radius 1 is 1.45 bits per heavy atom. The maximum atomic E-state index is 12.2. The molecule has 5 heteroatoms. The fourth-order valence-electron chi connectivity index (χ4n) is 2.48. The Bertz CT molecular complexity index is 594. The van der Waals surface area contributed by atoms with Crippen molar-refractivity contribution in [3.05, 3.63) is 53.7 Å². The summed E-state index contributed by atoms with van der Waals surface area (Å²) in [6.07, 6.45) is 5.68. The van der Waals surface area contributed by atoms with E-state index in [1.54, 1.807) is 25.4 Å². The van der Waals surface area contributed by atoms with E-state index in [1.807, 2.05) is 12.1 Å². The minimum absolute atomic E-state index is 0.0407. The zero-order valence-corrected chi connectivity index (χ0v) is 11.2. The van der Waals surface area contributed by atoms with E-state index in [2.05, 4.69) is 10.3 Å². The molecule has 0 radical (unpaired) electrons. The van der Waals surface area contributed by atoms with Crippen molar-refractivity contribution in [2.24, 2.45) is 0 Å². The minimum atomic E-state index is -0.139. The van der Waals surface area contributed by atoms with E-state index in [0.717, 1.165) is 12.0 Å². The zero-order valence-electron chi connectivity index (χ0n) is 11.2. The van der Waals surface area contributed by atoms with Gasteiger partial charge in [0, 0.05) is 24.6 Å². The van der Waals surface area contributed by atoms with Gasteiger partial charge in [-0.05, 0) is 25.5 Å². The molecular formula is C15H16N2O3. The number of aromatic nitrogens is 1. The predicted octanol–water partition coefficient (Wildman–Crippen LogP) is 2.24. The number of hydrogen-bond acceptors (Lipinski definition) is 4. The van der Waals surface area contributed by atoms with Gasteiger partial charge in [0.05, 0.1) is 17.9 Å². The molecule has 2 atom stereocenters. The van der Waals surface area contributed by atoms with E-state index in [-0.39, 0.29) is 18.1 Å². The first-order chi connectivity index (χ1) is 9.75. The molecule has 0 bridgehead atoms. The highest BCUT2D eigenvalue weighted by Crippen LogP contribution is 2.28. The van der Waals surface area contributed by atoms with Crippen LogP contribution in [0, 0.1) is 6.92 Å². The van der Waals surface area contributed by atoms with Gasteiger partial charge in [-0.15, -0.1) is 0 Å². The molecule has 104 valence electrons. The van der Waals surface area contributed by atoms with Crippen molar-refractivity contribution in [2.75, 3.05) is 6.61 Å². The Morgan fingerprint density at radius 3 is 3.05 bits per heavy atom. The van der Waals surface area contributed by atoms with Gasteiger partial charge in [0.15, 0.2) is 0 Å². The van der Waals surface area contributed by atoms with Crippen molar-refractivity contribution in [1.29, 1.82) is 0 Å². The van der Waals surface area contributed by atoms with E-state index in [9.17, 15) is 4.79 Å². The van der Waals surface area contributed by atoms with Crippen molar-refractivity contribution in [2.45, 2.75) is 25.5 Å². The van der Waals surface area contributed by atoms with Gasteiger partial charge in [-0.3, -0.25) is 9.78 Å². The third kappa shape index (κ3) is 2.44. The van der Waals surface area contributed by atoms with Crippen LogP contribution in [-0.4, -0.2) is 23.5 Å². The third-order valence-electron chi connectivity index (χ3n) is 3.52. The second-order valence-corrected chi connectivity index (χ2v) is 4.84. The van der Waals surface area contributed by atoms with E-state index in [4.69, 9.17) is 9.15 Å². The van der Waals surface area contributed by atoms with Crippen LogP contribution in [0.15, 0.2) is 41.3 Å². The first kappa shape index (κ1) is 12.9. The Morgan fingerprint density at radius 2 is 2.35 bits per heavy atom. The molecule has 1 aliphatic rings. The Balaban J connectivity index is 1.74. The minimum Gasteiger partial charge on any atom is -0.469 e. The summed E-state index contributed by atoms with van der Waals surface area (Å²) in [6.45, 7) is 2.41. The molecule has 1 aliphatic heterocycles. The van der Waals surface area contributed by atoms with Crippen LogP contribution in [0.1, 0.15) is 34.2 Å². The Labute approximate surface area is 117 Å². The molecule has 2 aromatic heterocycles. The van der Waals surface area contributed by atoms with Gasteiger partial charge in [0.25, 0.3) is 5.91 Å². The molecular weight excluding hydrogens is 256 g/mol. The van der Waals surface area contributed by atoms with E-state index >= 15 is 0 Å². The molecule has 1 N–H and O–H groups in total. The summed E-state index contributed by atoms with van der Waals surface area (Å²) in [4.78, 5) is 16.3. The third-order valence-corrected chi connectivity index (χ3v) is 3.52. The van der Waals surface area contributed by atoms with E-state index < -0.39 is 0 Å². The number of amides is 1. The fourth-order valence-corrected chi connectivity index (χ4v) is 2.48. The maximum absolute atomic E-state index is 12.2. The fraction of sp³-hybridized carbons (Fsp3) is 0.333. The first-order valence-corrected chi connectivity index (χ1v) is 6.62. The van der Waals surface area contributed by atoms with E-state index in [0.29, 0.717) is 17.9 Å². The molecule has 0 aromatic carbocycles. The van der Waals surface area contributed by atoms with Crippen molar-refractivity contribution < 1.29 is 13.9 Å². The number of nitrogens with one attached hydrogen (secondary N) is 1. The molecule has 1 fully saturated rings. The highest BCUT2D eigenvalue weighted by atomic mass is 16.5. The molecule has 0 aliphatic carbocycles. The molecule has 1 saturated heterocycles. The second-order valence-electron chi connectivity index (χ2n) is 4.84. The van der Waals surface area contributed by atoms with Gasteiger partial charge in [-0.25, -0.2) is 0 Å². The summed E-state index contributed by atoms with van der Waals surface area (Å²) >= 11 is 0. The van der Waals surface area contributed by atoms with Crippen molar-refractivity contribution in [1.82, 2.24) is 10.3 Å². The normalized spacial score (nSPS) is 21.9. The number of aryl methyl sites for hydroxylation is 1. The van der Waals surface area contributed by atoms with Gasteiger partial charge in [-0.1, -0.05) is 6.07 Å². The van der Waals surface area contributed by atoms with Crippen LogP contribution >= 0.6 is 0 Å². The van der Waals surface area contributed by atoms with Crippen LogP contribution in [0.25, 0.3) is 0 Å². The Hall–Kier alpha value is -2.14. The highest BCUT2D eigenvalue weighted by Gasteiger charge is 2.31. The largest absolute Gasteiger partial charge is 0.469 e. The number of hydrogen-bond donors (Lipinski definition) is 1. The van der Waals surface area contributed by atoms with Gasteiger partial charge in [-0.2, -0.15) is 0 Å². The summed E-state index contributed by atoms with van der Waals surface area (Å²) in [6, 6.07) is 5.47. The standard InChI is InChI=1S/C15H16N2O3/c1-10-12(4-7-19-10)15(18)17-13-5-8-20-14(13)11-3-2-6-16-9-11/h2-4,6-7,9,13-14H,5,8H2,1H3,(H,17,18)/t13-,14+/m0/s1. The molecule has 20 heavy (non-hydrogen) atoms. The van der Waals surface area contributed by atoms with Gasteiger partial charge >= 0.3 is 0 Å².